The molecule has 1 amide bonds. The molecule has 2 atom stereocenters. The van der Waals surface area contributed by atoms with Gasteiger partial charge in [0.15, 0.2) is 6.10 Å². The van der Waals surface area contributed by atoms with Crippen LogP contribution in [0.1, 0.15) is 6.42 Å². The highest BCUT2D eigenvalue weighted by Gasteiger charge is 2.38. The number of aliphatic hydroxyl groups is 1. The minimum atomic E-state index is -4.74. The number of nitrogens with two attached hydrogens (primary N) is 1. The quantitative estimate of drug-likeness (QED) is 0.574. The van der Waals surface area contributed by atoms with Crippen molar-refractivity contribution in [3.63, 3.8) is 0 Å². The molecule has 0 aliphatic heterocycles. The molecule has 0 aliphatic carbocycles. The zero-order valence-electron chi connectivity index (χ0n) is 7.92. The Morgan fingerprint density at radius 1 is 1.60 bits per heavy atom. The number of rotatable bonds is 5. The van der Waals surface area contributed by atoms with Crippen molar-refractivity contribution in [2.24, 2.45) is 5.73 Å². The molecule has 4 nitrogen and oxygen atoms in total. The Balaban J connectivity index is 3.95. The van der Waals surface area contributed by atoms with Crippen molar-refractivity contribution >= 4 is 5.91 Å². The molecule has 0 fully saturated rings. The van der Waals surface area contributed by atoms with Gasteiger partial charge in [0.1, 0.15) is 0 Å². The lowest BCUT2D eigenvalue weighted by Crippen LogP contribution is -2.46. The Labute approximate surface area is 84.9 Å². The van der Waals surface area contributed by atoms with Crippen LogP contribution in [0.2, 0.25) is 0 Å². The maximum Gasteiger partial charge on any atom is 0.416 e. The minimum Gasteiger partial charge on any atom is -0.382 e. The number of hydrogen-bond donors (Lipinski definition) is 3. The lowest BCUT2D eigenvalue weighted by Gasteiger charge is -2.16. The van der Waals surface area contributed by atoms with Gasteiger partial charge in [-0.05, 0) is 6.42 Å². The van der Waals surface area contributed by atoms with Crippen molar-refractivity contribution < 1.29 is 23.1 Å². The monoisotopic (exact) mass is 226 g/mol. The van der Waals surface area contributed by atoms with Crippen molar-refractivity contribution in [3.05, 3.63) is 12.7 Å². The lowest BCUT2D eigenvalue weighted by atomic mass is 10.2. The molecule has 0 radical (unpaired) electrons. The summed E-state index contributed by atoms with van der Waals surface area (Å²) in [6.07, 6.45) is -5.77. The van der Waals surface area contributed by atoms with Gasteiger partial charge in [0.05, 0.1) is 12.6 Å². The van der Waals surface area contributed by atoms with Crippen molar-refractivity contribution in [1.82, 2.24) is 5.32 Å². The van der Waals surface area contributed by atoms with Crippen LogP contribution >= 0.6 is 0 Å². The molecule has 0 saturated carbocycles. The summed E-state index contributed by atoms with van der Waals surface area (Å²) in [6.45, 7) is 2.43. The maximum atomic E-state index is 11.8. The van der Waals surface area contributed by atoms with E-state index in [-0.39, 0.29) is 6.42 Å². The maximum absolute atomic E-state index is 11.8. The van der Waals surface area contributed by atoms with Crippen molar-refractivity contribution in [1.29, 1.82) is 0 Å². The first-order chi connectivity index (χ1) is 6.79. The van der Waals surface area contributed by atoms with Crippen molar-refractivity contribution in [2.45, 2.75) is 24.7 Å². The molecule has 0 aromatic rings. The molecule has 0 aromatic heterocycles. The van der Waals surface area contributed by atoms with Gasteiger partial charge in [0, 0.05) is 0 Å². The Bertz CT molecular complexity index is 230. The fourth-order valence-electron chi connectivity index (χ4n) is 0.731. The van der Waals surface area contributed by atoms with Crippen LogP contribution in [-0.4, -0.2) is 35.9 Å². The summed E-state index contributed by atoms with van der Waals surface area (Å²) in [5, 5.41) is 10.4. The van der Waals surface area contributed by atoms with Crippen LogP contribution in [-0.2, 0) is 4.79 Å². The number of nitrogens with one attached hydrogen (secondary N) is 1. The molecule has 0 aliphatic rings. The standard InChI is InChI=1S/C8H13F3N2O2/c1-2-3-5(12)7(15)13-4-6(14)8(9,10)11/h2,5-6,14H,1,3-4,12H2,(H,13,15). The third-order valence-corrected chi connectivity index (χ3v) is 1.60. The Morgan fingerprint density at radius 2 is 2.13 bits per heavy atom. The molecule has 0 bridgehead atoms. The number of amides is 1. The third-order valence-electron chi connectivity index (χ3n) is 1.60. The van der Waals surface area contributed by atoms with Crippen molar-refractivity contribution in [2.75, 3.05) is 6.54 Å². The van der Waals surface area contributed by atoms with E-state index < -0.39 is 30.8 Å². The van der Waals surface area contributed by atoms with Gasteiger partial charge in [-0.2, -0.15) is 13.2 Å². The van der Waals surface area contributed by atoms with E-state index >= 15 is 0 Å². The van der Waals surface area contributed by atoms with E-state index in [1.165, 1.54) is 6.08 Å². The predicted molar refractivity (Wildman–Crippen MR) is 47.9 cm³/mol. The number of aliphatic hydroxyl groups excluding tert-OH is 1. The number of carbonyl (C=O) groups excluding carboxylic acids is 1. The number of hydrogen-bond acceptors (Lipinski definition) is 3. The summed E-state index contributed by atoms with van der Waals surface area (Å²) in [4.78, 5) is 11.0. The molecule has 88 valence electrons. The van der Waals surface area contributed by atoms with Crippen LogP contribution in [0.3, 0.4) is 0 Å². The highest BCUT2D eigenvalue weighted by molar-refractivity contribution is 5.81. The summed E-state index contributed by atoms with van der Waals surface area (Å²) in [5.74, 6) is -0.752. The second kappa shape index (κ2) is 5.72. The average molecular weight is 226 g/mol. The van der Waals surface area contributed by atoms with Gasteiger partial charge in [-0.15, -0.1) is 6.58 Å². The van der Waals surface area contributed by atoms with Gasteiger partial charge in [-0.3, -0.25) is 4.79 Å². The fraction of sp³-hybridized carbons (Fsp3) is 0.625. The Kier molecular flexibility index (Phi) is 5.31. The van der Waals surface area contributed by atoms with Gasteiger partial charge in [-0.1, -0.05) is 6.08 Å². The molecule has 0 heterocycles. The first-order valence-corrected chi connectivity index (χ1v) is 4.18. The summed E-state index contributed by atoms with van der Waals surface area (Å²) >= 11 is 0. The average Bonchev–Trinajstić information content (AvgIpc) is 2.12. The third kappa shape index (κ3) is 5.38. The normalized spacial score (nSPS) is 15.5. The molecule has 0 aromatic carbocycles. The fourth-order valence-corrected chi connectivity index (χ4v) is 0.731. The summed E-state index contributed by atoms with van der Waals surface area (Å²) in [5.41, 5.74) is 5.28. The topological polar surface area (TPSA) is 75.4 Å². The first kappa shape index (κ1) is 13.9. The van der Waals surface area contributed by atoms with Crippen LogP contribution in [0.25, 0.3) is 0 Å². The number of carbonyl (C=O) groups is 1. The largest absolute Gasteiger partial charge is 0.416 e. The number of halogens is 3. The molecule has 15 heavy (non-hydrogen) atoms. The zero-order chi connectivity index (χ0) is 12.1. The smallest absolute Gasteiger partial charge is 0.382 e. The SMILES string of the molecule is C=CCC(N)C(=O)NCC(O)C(F)(F)F. The van der Waals surface area contributed by atoms with Gasteiger partial charge in [0.25, 0.3) is 0 Å². The van der Waals surface area contributed by atoms with E-state index in [1.807, 2.05) is 5.32 Å². The van der Waals surface area contributed by atoms with Crippen LogP contribution in [0.15, 0.2) is 12.7 Å². The molecular formula is C8H13F3N2O2. The molecule has 2 unspecified atom stereocenters. The first-order valence-electron chi connectivity index (χ1n) is 4.18. The summed E-state index contributed by atoms with van der Waals surface area (Å²) in [7, 11) is 0. The molecule has 7 heteroatoms. The highest BCUT2D eigenvalue weighted by Crippen LogP contribution is 2.19. The predicted octanol–water partition coefficient (Wildman–Crippen LogP) is -0.0708. The molecule has 0 rings (SSSR count). The van der Waals surface area contributed by atoms with Gasteiger partial charge in [0.2, 0.25) is 5.91 Å². The van der Waals surface area contributed by atoms with E-state index in [0.717, 1.165) is 0 Å². The molecule has 0 saturated heterocycles. The lowest BCUT2D eigenvalue weighted by molar-refractivity contribution is -0.201. The minimum absolute atomic E-state index is 0.161. The second-order valence-electron chi connectivity index (χ2n) is 2.93. The number of alkyl halides is 3. The van der Waals surface area contributed by atoms with Crippen LogP contribution in [0, 0.1) is 0 Å². The summed E-state index contributed by atoms with van der Waals surface area (Å²) < 4.78 is 35.4. The van der Waals surface area contributed by atoms with Crippen LogP contribution in [0.5, 0.6) is 0 Å². The Hall–Kier alpha value is -1.08. The zero-order valence-corrected chi connectivity index (χ0v) is 7.92. The van der Waals surface area contributed by atoms with E-state index in [0.29, 0.717) is 0 Å². The van der Waals surface area contributed by atoms with Gasteiger partial charge < -0.3 is 16.2 Å². The van der Waals surface area contributed by atoms with Crippen molar-refractivity contribution in [3.8, 4) is 0 Å². The molecule has 0 spiro atoms. The Morgan fingerprint density at radius 3 is 2.53 bits per heavy atom. The van der Waals surface area contributed by atoms with E-state index in [1.54, 1.807) is 0 Å². The van der Waals surface area contributed by atoms with Gasteiger partial charge >= 0.3 is 6.18 Å². The summed E-state index contributed by atoms with van der Waals surface area (Å²) in [6, 6.07) is -0.942. The van der Waals surface area contributed by atoms with E-state index in [9.17, 15) is 18.0 Å². The van der Waals surface area contributed by atoms with Crippen LogP contribution in [0.4, 0.5) is 13.2 Å². The van der Waals surface area contributed by atoms with Crippen LogP contribution < -0.4 is 11.1 Å². The second-order valence-corrected chi connectivity index (χ2v) is 2.93. The van der Waals surface area contributed by atoms with E-state index in [4.69, 9.17) is 10.8 Å². The highest BCUT2D eigenvalue weighted by atomic mass is 19.4. The van der Waals surface area contributed by atoms with E-state index in [2.05, 4.69) is 6.58 Å². The van der Waals surface area contributed by atoms with Gasteiger partial charge in [-0.25, -0.2) is 0 Å². The molecule has 4 N–H and O–H groups in total. The molecular weight excluding hydrogens is 213 g/mol.